The first-order valence-corrected chi connectivity index (χ1v) is 14.0. The predicted octanol–water partition coefficient (Wildman–Crippen LogP) is 4.68. The van der Waals surface area contributed by atoms with Crippen LogP contribution in [0.3, 0.4) is 0 Å². The highest BCUT2D eigenvalue weighted by Gasteiger charge is 2.54. The van der Waals surface area contributed by atoms with Crippen molar-refractivity contribution in [2.24, 2.45) is 0 Å². The van der Waals surface area contributed by atoms with Crippen LogP contribution in [0, 0.1) is 5.82 Å². The van der Waals surface area contributed by atoms with Crippen molar-refractivity contribution >= 4 is 29.3 Å². The van der Waals surface area contributed by atoms with E-state index in [4.69, 9.17) is 16.3 Å². The first-order chi connectivity index (χ1) is 19.7. The molecule has 6 rings (SSSR count). The van der Waals surface area contributed by atoms with Gasteiger partial charge in [-0.15, -0.1) is 0 Å². The molecule has 0 radical (unpaired) electrons. The smallest absolute Gasteiger partial charge is 0.412 e. The summed E-state index contributed by atoms with van der Waals surface area (Å²) in [6.07, 6.45) is 1.21. The molecule has 2 amide bonds. The molecule has 1 N–H and O–H groups in total. The lowest BCUT2D eigenvalue weighted by Gasteiger charge is -2.38. The number of alkyl halides is 1. The number of nitrogens with zero attached hydrogens (tertiary/aromatic N) is 3. The lowest BCUT2D eigenvalue weighted by atomic mass is 9.89. The lowest BCUT2D eigenvalue weighted by molar-refractivity contribution is -0.147. The Balaban J connectivity index is 1.07. The van der Waals surface area contributed by atoms with Gasteiger partial charge in [0.15, 0.2) is 17.1 Å². The molecule has 2 fully saturated rings. The van der Waals surface area contributed by atoms with Crippen LogP contribution in [0.4, 0.5) is 19.3 Å². The minimum absolute atomic E-state index is 0.0302. The highest BCUT2D eigenvalue weighted by molar-refractivity contribution is 6.31. The highest BCUT2D eigenvalue weighted by Crippen LogP contribution is 2.46. The van der Waals surface area contributed by atoms with E-state index in [1.165, 1.54) is 23.1 Å². The average Bonchev–Trinajstić information content (AvgIpc) is 3.37. The zero-order chi connectivity index (χ0) is 28.8. The van der Waals surface area contributed by atoms with Crippen molar-refractivity contribution in [3.63, 3.8) is 0 Å². The van der Waals surface area contributed by atoms with Crippen LogP contribution in [0.15, 0.2) is 65.6 Å². The zero-order valence-corrected chi connectivity index (χ0v) is 23.0. The molecule has 11 heteroatoms. The van der Waals surface area contributed by atoms with E-state index in [1.807, 2.05) is 30.3 Å². The molecule has 41 heavy (non-hydrogen) atoms. The van der Waals surface area contributed by atoms with Gasteiger partial charge in [0, 0.05) is 57.7 Å². The van der Waals surface area contributed by atoms with Gasteiger partial charge >= 0.3 is 6.09 Å². The van der Waals surface area contributed by atoms with Crippen molar-refractivity contribution in [3.05, 3.63) is 98.7 Å². The SMILES string of the molecule is O=C1Nc2ccc(Cl)c(F)c2[C@]2(CCN(C(=O)C3(F)CCN(Cc4ccc(Cn5ccccc5=O)cc4)CC3)C2)O1. The number of nitrogens with one attached hydrogen (secondary N) is 1. The fourth-order valence-electron chi connectivity index (χ4n) is 6.07. The van der Waals surface area contributed by atoms with Crippen LogP contribution in [0.5, 0.6) is 0 Å². The van der Waals surface area contributed by atoms with Gasteiger partial charge in [0.05, 0.1) is 29.4 Å². The number of ether oxygens (including phenoxy) is 1. The molecular formula is C30H29ClF2N4O4. The minimum atomic E-state index is -2.05. The van der Waals surface area contributed by atoms with Crippen molar-refractivity contribution in [2.45, 2.75) is 43.6 Å². The van der Waals surface area contributed by atoms with Gasteiger partial charge in [-0.3, -0.25) is 19.8 Å². The van der Waals surface area contributed by atoms with Gasteiger partial charge in [0.2, 0.25) is 0 Å². The van der Waals surface area contributed by atoms with E-state index in [2.05, 4.69) is 10.2 Å². The topological polar surface area (TPSA) is 83.9 Å². The normalized spacial score (nSPS) is 21.8. The molecule has 1 spiro atoms. The third-order valence-electron chi connectivity index (χ3n) is 8.31. The Morgan fingerprint density at radius 2 is 1.66 bits per heavy atom. The second-order valence-corrected chi connectivity index (χ2v) is 11.4. The number of halogens is 3. The molecule has 8 nitrogen and oxygen atoms in total. The van der Waals surface area contributed by atoms with Crippen molar-refractivity contribution in [1.29, 1.82) is 0 Å². The summed E-state index contributed by atoms with van der Waals surface area (Å²) in [6, 6.07) is 15.9. The van der Waals surface area contributed by atoms with Gasteiger partial charge in [-0.05, 0) is 29.3 Å². The number of fused-ring (bicyclic) bond motifs is 2. The van der Waals surface area contributed by atoms with E-state index in [-0.39, 0.29) is 54.2 Å². The van der Waals surface area contributed by atoms with Gasteiger partial charge in [-0.1, -0.05) is 41.9 Å². The predicted molar refractivity (Wildman–Crippen MR) is 149 cm³/mol. The molecule has 3 aliphatic heterocycles. The number of hydrogen-bond acceptors (Lipinski definition) is 5. The number of amides is 2. The maximum absolute atomic E-state index is 16.0. The van der Waals surface area contributed by atoms with Crippen LogP contribution in [0.2, 0.25) is 5.02 Å². The molecule has 0 bridgehead atoms. The maximum Gasteiger partial charge on any atom is 0.412 e. The fourth-order valence-corrected chi connectivity index (χ4v) is 6.22. The van der Waals surface area contributed by atoms with Gasteiger partial charge in [0.25, 0.3) is 11.5 Å². The van der Waals surface area contributed by atoms with E-state index in [0.29, 0.717) is 26.2 Å². The Morgan fingerprint density at radius 3 is 2.37 bits per heavy atom. The molecule has 0 unspecified atom stereocenters. The molecule has 0 aliphatic carbocycles. The van der Waals surface area contributed by atoms with Crippen molar-refractivity contribution in [1.82, 2.24) is 14.4 Å². The van der Waals surface area contributed by atoms with Crippen LogP contribution in [-0.2, 0) is 28.2 Å². The standard InChI is InChI=1S/C30H29ClF2N4O4/c31-22-8-9-23-25(26(22)32)30(41-28(40)34-23)12-16-37(19-30)27(39)29(33)10-14-35(15-11-29)17-20-4-6-21(7-5-20)18-36-13-2-1-3-24(36)38/h1-9,13H,10-12,14-19H2,(H,34,40)/t30-/m1/s1. The summed E-state index contributed by atoms with van der Waals surface area (Å²) in [7, 11) is 0. The Morgan fingerprint density at radius 1 is 0.951 bits per heavy atom. The molecule has 3 aliphatic rings. The quantitative estimate of drug-likeness (QED) is 0.472. The summed E-state index contributed by atoms with van der Waals surface area (Å²) >= 11 is 6.00. The van der Waals surface area contributed by atoms with Gasteiger partial charge in [-0.2, -0.15) is 0 Å². The average molecular weight is 583 g/mol. The summed E-state index contributed by atoms with van der Waals surface area (Å²) in [6.45, 7) is 1.88. The van der Waals surface area contributed by atoms with E-state index >= 15 is 8.78 Å². The number of benzene rings is 2. The van der Waals surface area contributed by atoms with Crippen LogP contribution in [0.25, 0.3) is 0 Å². The fraction of sp³-hybridized carbons (Fsp3) is 0.367. The second-order valence-electron chi connectivity index (χ2n) is 11.0. The Kier molecular flexibility index (Phi) is 7.07. The highest BCUT2D eigenvalue weighted by atomic mass is 35.5. The molecule has 1 aromatic heterocycles. The number of carbonyl (C=O) groups is 2. The number of rotatable bonds is 5. The van der Waals surface area contributed by atoms with E-state index < -0.39 is 29.1 Å². The lowest BCUT2D eigenvalue weighted by Crippen LogP contribution is -2.52. The molecule has 214 valence electrons. The number of anilines is 1. The second kappa shape index (κ2) is 10.6. The third-order valence-corrected chi connectivity index (χ3v) is 8.60. The van der Waals surface area contributed by atoms with Crippen LogP contribution in [-0.4, -0.2) is 58.2 Å². The number of pyridine rings is 1. The number of aromatic nitrogens is 1. The summed E-state index contributed by atoms with van der Waals surface area (Å²) in [5.41, 5.74) is -1.15. The minimum Gasteiger partial charge on any atom is -0.436 e. The van der Waals surface area contributed by atoms with Crippen molar-refractivity contribution < 1.29 is 23.1 Å². The molecule has 3 aromatic rings. The Labute approximate surface area is 240 Å². The van der Waals surface area contributed by atoms with Crippen molar-refractivity contribution in [3.8, 4) is 0 Å². The monoisotopic (exact) mass is 582 g/mol. The molecule has 2 saturated heterocycles. The number of carbonyl (C=O) groups excluding carboxylic acids is 2. The number of hydrogen-bond donors (Lipinski definition) is 1. The molecule has 2 aromatic carbocycles. The molecule has 0 saturated carbocycles. The van der Waals surface area contributed by atoms with E-state index in [9.17, 15) is 14.4 Å². The summed E-state index contributed by atoms with van der Waals surface area (Å²) in [4.78, 5) is 41.1. The van der Waals surface area contributed by atoms with Gasteiger partial charge < -0.3 is 14.2 Å². The molecular weight excluding hydrogens is 554 g/mol. The van der Waals surface area contributed by atoms with Crippen LogP contribution in [0.1, 0.15) is 36.0 Å². The Bertz CT molecular complexity index is 1550. The van der Waals surface area contributed by atoms with Crippen molar-refractivity contribution in [2.75, 3.05) is 31.5 Å². The number of piperidine rings is 1. The van der Waals surface area contributed by atoms with E-state index in [0.717, 1.165) is 11.1 Å². The van der Waals surface area contributed by atoms with Gasteiger partial charge in [-0.25, -0.2) is 13.6 Å². The first kappa shape index (κ1) is 27.4. The van der Waals surface area contributed by atoms with Gasteiger partial charge in [0.1, 0.15) is 0 Å². The molecule has 4 heterocycles. The maximum atomic E-state index is 16.0. The van der Waals surface area contributed by atoms with Crippen LogP contribution >= 0.6 is 11.6 Å². The zero-order valence-electron chi connectivity index (χ0n) is 22.2. The summed E-state index contributed by atoms with van der Waals surface area (Å²) in [5.74, 6) is -1.38. The summed E-state index contributed by atoms with van der Waals surface area (Å²) < 4.78 is 38.3. The van der Waals surface area contributed by atoms with E-state index in [1.54, 1.807) is 16.8 Å². The first-order valence-electron chi connectivity index (χ1n) is 13.6. The number of likely N-dealkylation sites (tertiary alicyclic amines) is 2. The third kappa shape index (κ3) is 5.22. The Hall–Kier alpha value is -3.76. The molecule has 1 atom stereocenters. The van der Waals surface area contributed by atoms with Crippen LogP contribution < -0.4 is 10.9 Å². The summed E-state index contributed by atoms with van der Waals surface area (Å²) in [5, 5.41) is 2.36. The largest absolute Gasteiger partial charge is 0.436 e.